The maximum absolute atomic E-state index is 11.4. The van der Waals surface area contributed by atoms with Gasteiger partial charge in [0, 0.05) is 5.03 Å². The molecule has 0 heterocycles. The Hall–Kier alpha value is -0.830. The molecule has 0 saturated carbocycles. The van der Waals surface area contributed by atoms with Crippen molar-refractivity contribution in [3.63, 3.8) is 0 Å². The van der Waals surface area contributed by atoms with Crippen molar-refractivity contribution in [3.05, 3.63) is 11.1 Å². The highest BCUT2D eigenvalue weighted by Crippen LogP contribution is 2.29. The van der Waals surface area contributed by atoms with Gasteiger partial charge >= 0.3 is 5.97 Å². The number of hydrogen-bond donors (Lipinski definition) is 0. The van der Waals surface area contributed by atoms with Gasteiger partial charge in [0.25, 0.3) is 0 Å². The minimum absolute atomic E-state index is 0.0718. The van der Waals surface area contributed by atoms with Crippen LogP contribution in [0.5, 0.6) is 0 Å². The fourth-order valence-electron chi connectivity index (χ4n) is 1.48. The van der Waals surface area contributed by atoms with Crippen molar-refractivity contribution >= 4 is 23.4 Å². The second-order valence-electron chi connectivity index (χ2n) is 3.18. The monoisotopic (exact) mass is 202 g/mol. The molecule has 0 fully saturated rings. The standard InChI is InChI=1S/C9H11ClO3/c1-5-3-6(10)4-7(11)8(5)9(12)13-2/h4-5,8H,3H2,1-2H3. The molecule has 1 aliphatic carbocycles. The quantitative estimate of drug-likeness (QED) is 0.478. The fourth-order valence-corrected chi connectivity index (χ4v) is 1.84. The normalized spacial score (nSPS) is 28.2. The molecule has 13 heavy (non-hydrogen) atoms. The van der Waals surface area contributed by atoms with Crippen LogP contribution in [0.2, 0.25) is 0 Å². The van der Waals surface area contributed by atoms with Crippen molar-refractivity contribution < 1.29 is 14.3 Å². The Labute approximate surface area is 81.7 Å². The Kier molecular flexibility index (Phi) is 3.09. The minimum atomic E-state index is -0.674. The lowest BCUT2D eigenvalue weighted by Crippen LogP contribution is -2.32. The van der Waals surface area contributed by atoms with Crippen LogP contribution in [0.1, 0.15) is 13.3 Å². The lowest BCUT2D eigenvalue weighted by Gasteiger charge is -2.22. The van der Waals surface area contributed by atoms with Gasteiger partial charge in [-0.3, -0.25) is 9.59 Å². The molecule has 0 aromatic rings. The van der Waals surface area contributed by atoms with Gasteiger partial charge in [-0.25, -0.2) is 0 Å². The molecule has 3 nitrogen and oxygen atoms in total. The first kappa shape index (κ1) is 10.3. The lowest BCUT2D eigenvalue weighted by atomic mass is 9.83. The number of halogens is 1. The SMILES string of the molecule is COC(=O)C1C(=O)C=C(Cl)CC1C. The first-order valence-electron chi connectivity index (χ1n) is 4.04. The summed E-state index contributed by atoms with van der Waals surface area (Å²) in [6.45, 7) is 1.81. The largest absolute Gasteiger partial charge is 0.468 e. The number of rotatable bonds is 1. The Bertz CT molecular complexity index is 270. The van der Waals surface area contributed by atoms with E-state index in [-0.39, 0.29) is 11.7 Å². The molecule has 1 aliphatic rings. The molecule has 4 heteroatoms. The predicted molar refractivity (Wildman–Crippen MR) is 48.2 cm³/mol. The molecule has 72 valence electrons. The Morgan fingerprint density at radius 3 is 2.77 bits per heavy atom. The highest BCUT2D eigenvalue weighted by molar-refractivity contribution is 6.32. The van der Waals surface area contributed by atoms with E-state index in [1.54, 1.807) is 0 Å². The topological polar surface area (TPSA) is 43.4 Å². The van der Waals surface area contributed by atoms with Crippen molar-refractivity contribution in [1.82, 2.24) is 0 Å². The highest BCUT2D eigenvalue weighted by atomic mass is 35.5. The molecule has 0 radical (unpaired) electrons. The van der Waals surface area contributed by atoms with E-state index in [4.69, 9.17) is 11.6 Å². The van der Waals surface area contributed by atoms with E-state index in [2.05, 4.69) is 4.74 Å². The van der Waals surface area contributed by atoms with Crippen molar-refractivity contribution in [3.8, 4) is 0 Å². The van der Waals surface area contributed by atoms with E-state index in [0.717, 1.165) is 0 Å². The smallest absolute Gasteiger partial charge is 0.316 e. The summed E-state index contributed by atoms with van der Waals surface area (Å²) in [6.07, 6.45) is 1.87. The van der Waals surface area contributed by atoms with Gasteiger partial charge < -0.3 is 4.74 Å². The lowest BCUT2D eigenvalue weighted by molar-refractivity contribution is -0.150. The number of carbonyl (C=O) groups excluding carboxylic acids is 2. The van der Waals surface area contributed by atoms with Crippen molar-refractivity contribution in [2.75, 3.05) is 7.11 Å². The second-order valence-corrected chi connectivity index (χ2v) is 3.66. The van der Waals surface area contributed by atoms with Gasteiger partial charge in [0.15, 0.2) is 5.78 Å². The van der Waals surface area contributed by atoms with Crippen LogP contribution in [0.15, 0.2) is 11.1 Å². The van der Waals surface area contributed by atoms with E-state index in [0.29, 0.717) is 11.5 Å². The molecule has 0 aromatic carbocycles. The summed E-state index contributed by atoms with van der Waals surface area (Å²) < 4.78 is 4.53. The third kappa shape index (κ3) is 2.10. The van der Waals surface area contributed by atoms with Crippen molar-refractivity contribution in [1.29, 1.82) is 0 Å². The third-order valence-electron chi connectivity index (χ3n) is 2.15. The van der Waals surface area contributed by atoms with E-state index < -0.39 is 11.9 Å². The maximum atomic E-state index is 11.4. The first-order valence-corrected chi connectivity index (χ1v) is 4.41. The summed E-state index contributed by atoms with van der Waals surface area (Å²) in [4.78, 5) is 22.5. The summed E-state index contributed by atoms with van der Waals surface area (Å²) in [5.41, 5.74) is 0. The number of ketones is 1. The van der Waals surface area contributed by atoms with Gasteiger partial charge in [0.05, 0.1) is 7.11 Å². The molecule has 2 atom stereocenters. The van der Waals surface area contributed by atoms with Crippen molar-refractivity contribution in [2.24, 2.45) is 11.8 Å². The average Bonchev–Trinajstić information content (AvgIpc) is 2.02. The molecule has 0 aliphatic heterocycles. The number of methoxy groups -OCH3 is 1. The predicted octanol–water partition coefficient (Wildman–Crippen LogP) is 1.51. The first-order chi connectivity index (χ1) is 6.06. The van der Waals surface area contributed by atoms with Gasteiger partial charge in [0.1, 0.15) is 5.92 Å². The molecule has 0 N–H and O–H groups in total. The van der Waals surface area contributed by atoms with Crippen LogP contribution in [0.3, 0.4) is 0 Å². The molecule has 2 unspecified atom stereocenters. The molecule has 0 aromatic heterocycles. The van der Waals surface area contributed by atoms with Crippen LogP contribution in [-0.2, 0) is 14.3 Å². The highest BCUT2D eigenvalue weighted by Gasteiger charge is 2.35. The third-order valence-corrected chi connectivity index (χ3v) is 2.41. The number of allylic oxidation sites excluding steroid dienone is 2. The van der Waals surface area contributed by atoms with E-state index >= 15 is 0 Å². The van der Waals surface area contributed by atoms with E-state index in [1.807, 2.05) is 6.92 Å². The summed E-state index contributed by atoms with van der Waals surface area (Å²) in [6, 6.07) is 0. The van der Waals surface area contributed by atoms with Gasteiger partial charge in [-0.2, -0.15) is 0 Å². The van der Waals surface area contributed by atoms with Crippen molar-refractivity contribution in [2.45, 2.75) is 13.3 Å². The zero-order chi connectivity index (χ0) is 10.0. The zero-order valence-corrected chi connectivity index (χ0v) is 8.30. The molecule has 0 saturated heterocycles. The van der Waals surface area contributed by atoms with Crippen LogP contribution >= 0.6 is 11.6 Å². The Morgan fingerprint density at radius 1 is 1.69 bits per heavy atom. The van der Waals surface area contributed by atoms with Gasteiger partial charge in [-0.1, -0.05) is 18.5 Å². The van der Waals surface area contributed by atoms with E-state index in [9.17, 15) is 9.59 Å². The maximum Gasteiger partial charge on any atom is 0.316 e. The average molecular weight is 203 g/mol. The fraction of sp³-hybridized carbons (Fsp3) is 0.556. The van der Waals surface area contributed by atoms with Crippen LogP contribution in [0, 0.1) is 11.8 Å². The molecular formula is C9H11ClO3. The number of carbonyl (C=O) groups is 2. The van der Waals surface area contributed by atoms with E-state index in [1.165, 1.54) is 13.2 Å². The Balaban J connectivity index is 2.87. The number of hydrogen-bond acceptors (Lipinski definition) is 3. The van der Waals surface area contributed by atoms with Crippen LogP contribution < -0.4 is 0 Å². The second kappa shape index (κ2) is 3.92. The number of esters is 1. The van der Waals surface area contributed by atoms with Gasteiger partial charge in [0.2, 0.25) is 0 Å². The summed E-state index contributed by atoms with van der Waals surface area (Å²) in [5.74, 6) is -1.47. The molecule has 0 bridgehead atoms. The van der Waals surface area contributed by atoms with Crippen LogP contribution in [-0.4, -0.2) is 18.9 Å². The van der Waals surface area contributed by atoms with Crippen LogP contribution in [0.4, 0.5) is 0 Å². The molecular weight excluding hydrogens is 192 g/mol. The molecule has 0 spiro atoms. The molecule has 0 amide bonds. The zero-order valence-electron chi connectivity index (χ0n) is 7.54. The Morgan fingerprint density at radius 2 is 2.31 bits per heavy atom. The number of ether oxygens (including phenoxy) is 1. The summed E-state index contributed by atoms with van der Waals surface area (Å²) in [5, 5.41) is 0.512. The minimum Gasteiger partial charge on any atom is -0.468 e. The molecule has 1 rings (SSSR count). The van der Waals surface area contributed by atoms with Crippen LogP contribution in [0.25, 0.3) is 0 Å². The van der Waals surface area contributed by atoms with Gasteiger partial charge in [-0.05, 0) is 18.4 Å². The summed E-state index contributed by atoms with van der Waals surface area (Å²) >= 11 is 5.71. The van der Waals surface area contributed by atoms with Gasteiger partial charge in [-0.15, -0.1) is 0 Å². The summed E-state index contributed by atoms with van der Waals surface area (Å²) in [7, 11) is 1.28.